The van der Waals surface area contributed by atoms with E-state index < -0.39 is 5.97 Å². The van der Waals surface area contributed by atoms with Crippen molar-refractivity contribution in [2.45, 2.75) is 33.1 Å². The van der Waals surface area contributed by atoms with Gasteiger partial charge < -0.3 is 14.9 Å². The van der Waals surface area contributed by atoms with Gasteiger partial charge in [-0.2, -0.15) is 0 Å². The fourth-order valence-corrected chi connectivity index (χ4v) is 2.46. The van der Waals surface area contributed by atoms with Gasteiger partial charge >= 0.3 is 5.97 Å². The first-order valence-corrected chi connectivity index (χ1v) is 6.92. The van der Waals surface area contributed by atoms with Crippen molar-refractivity contribution in [1.29, 1.82) is 0 Å². The van der Waals surface area contributed by atoms with Gasteiger partial charge in [0, 0.05) is 26.2 Å². The summed E-state index contributed by atoms with van der Waals surface area (Å²) in [6.07, 6.45) is 2.50. The van der Waals surface area contributed by atoms with Gasteiger partial charge in [-0.15, -0.1) is 0 Å². The van der Waals surface area contributed by atoms with Crippen molar-refractivity contribution >= 4 is 5.97 Å². The van der Waals surface area contributed by atoms with Gasteiger partial charge in [-0.05, 0) is 38.3 Å². The molecule has 0 heterocycles. The van der Waals surface area contributed by atoms with Crippen LogP contribution in [0.25, 0.3) is 0 Å². The molecule has 0 aliphatic heterocycles. The van der Waals surface area contributed by atoms with Crippen molar-refractivity contribution in [2.75, 3.05) is 40.3 Å². The molecule has 106 valence electrons. The van der Waals surface area contributed by atoms with E-state index in [4.69, 9.17) is 5.11 Å². The number of carbonyl (C=O) groups is 1. The number of likely N-dealkylation sites (N-methyl/N-ethyl adjacent to an activating group) is 1. The summed E-state index contributed by atoms with van der Waals surface area (Å²) < 4.78 is 0. The van der Waals surface area contributed by atoms with Crippen LogP contribution in [0.5, 0.6) is 0 Å². The van der Waals surface area contributed by atoms with Gasteiger partial charge in [-0.3, -0.25) is 4.79 Å². The van der Waals surface area contributed by atoms with Crippen LogP contribution in [-0.4, -0.2) is 61.2 Å². The number of hydrogen-bond donors (Lipinski definition) is 1. The van der Waals surface area contributed by atoms with E-state index >= 15 is 0 Å². The molecular formula is C14H28N2O2. The van der Waals surface area contributed by atoms with Crippen molar-refractivity contribution in [3.05, 3.63) is 0 Å². The molecule has 0 saturated heterocycles. The van der Waals surface area contributed by atoms with Crippen molar-refractivity contribution in [3.8, 4) is 0 Å². The second-order valence-electron chi connectivity index (χ2n) is 6.50. The third-order valence-corrected chi connectivity index (χ3v) is 3.53. The Balaban J connectivity index is 2.47. The molecule has 0 aromatic rings. The fourth-order valence-electron chi connectivity index (χ4n) is 2.46. The quantitative estimate of drug-likeness (QED) is 0.683. The summed E-state index contributed by atoms with van der Waals surface area (Å²) in [5.74, 6) is -0.0163. The summed E-state index contributed by atoms with van der Waals surface area (Å²) in [5, 5.41) is 8.98. The Kier molecular flexibility index (Phi) is 5.60. The van der Waals surface area contributed by atoms with E-state index in [1.54, 1.807) is 0 Å². The van der Waals surface area contributed by atoms with Crippen molar-refractivity contribution in [2.24, 2.45) is 11.3 Å². The SMILES string of the molecule is CC(C)CN(CCN(C)C)CC1(CC(=O)O)CC1. The number of carboxylic acid groups (broad SMARTS) is 1. The Bertz CT molecular complexity index is 273. The van der Waals surface area contributed by atoms with Gasteiger partial charge in [0.15, 0.2) is 0 Å². The molecule has 0 spiro atoms. The third kappa shape index (κ3) is 5.83. The number of nitrogens with zero attached hydrogens (tertiary/aromatic N) is 2. The van der Waals surface area contributed by atoms with Crippen molar-refractivity contribution in [3.63, 3.8) is 0 Å². The topological polar surface area (TPSA) is 43.8 Å². The highest BCUT2D eigenvalue weighted by molar-refractivity contribution is 5.68. The zero-order chi connectivity index (χ0) is 13.8. The van der Waals surface area contributed by atoms with Crippen molar-refractivity contribution in [1.82, 2.24) is 9.80 Å². The molecule has 0 radical (unpaired) electrons. The van der Waals surface area contributed by atoms with Gasteiger partial charge in [0.25, 0.3) is 0 Å². The maximum absolute atomic E-state index is 10.9. The standard InChI is InChI=1S/C14H28N2O2/c1-12(2)10-16(8-7-15(3)4)11-14(5-6-14)9-13(17)18/h12H,5-11H2,1-4H3,(H,17,18). The second-order valence-corrected chi connectivity index (χ2v) is 6.50. The lowest BCUT2D eigenvalue weighted by atomic mass is 10.0. The maximum Gasteiger partial charge on any atom is 0.303 e. The lowest BCUT2D eigenvalue weighted by Crippen LogP contribution is -2.38. The highest BCUT2D eigenvalue weighted by Gasteiger charge is 2.45. The minimum absolute atomic E-state index is 0.0764. The summed E-state index contributed by atoms with van der Waals surface area (Å²) in [6, 6.07) is 0. The lowest BCUT2D eigenvalue weighted by Gasteiger charge is -2.29. The molecular weight excluding hydrogens is 228 g/mol. The van der Waals surface area contributed by atoms with Crippen LogP contribution >= 0.6 is 0 Å². The normalized spacial score (nSPS) is 17.7. The molecule has 0 aromatic heterocycles. The van der Waals surface area contributed by atoms with Crippen LogP contribution < -0.4 is 0 Å². The fraction of sp³-hybridized carbons (Fsp3) is 0.929. The van der Waals surface area contributed by atoms with Crippen LogP contribution in [0.1, 0.15) is 33.1 Å². The summed E-state index contributed by atoms with van der Waals surface area (Å²) in [5.41, 5.74) is 0.0764. The van der Waals surface area contributed by atoms with Crippen LogP contribution in [0.3, 0.4) is 0 Å². The van der Waals surface area contributed by atoms with E-state index in [1.807, 2.05) is 0 Å². The van der Waals surface area contributed by atoms with E-state index in [0.717, 1.165) is 39.0 Å². The van der Waals surface area contributed by atoms with Crippen LogP contribution in [0, 0.1) is 11.3 Å². The molecule has 0 amide bonds. The molecule has 1 rings (SSSR count). The molecule has 1 saturated carbocycles. The van der Waals surface area contributed by atoms with E-state index in [-0.39, 0.29) is 5.41 Å². The first kappa shape index (κ1) is 15.4. The second kappa shape index (κ2) is 6.53. The van der Waals surface area contributed by atoms with Gasteiger partial charge in [0.05, 0.1) is 6.42 Å². The number of carboxylic acids is 1. The van der Waals surface area contributed by atoms with Crippen LogP contribution in [0.4, 0.5) is 0 Å². The first-order chi connectivity index (χ1) is 8.33. The molecule has 0 atom stereocenters. The average molecular weight is 256 g/mol. The van der Waals surface area contributed by atoms with Crippen LogP contribution in [-0.2, 0) is 4.79 Å². The smallest absolute Gasteiger partial charge is 0.303 e. The van der Waals surface area contributed by atoms with Crippen LogP contribution in [0.2, 0.25) is 0 Å². The molecule has 4 nitrogen and oxygen atoms in total. The molecule has 1 aliphatic rings. The third-order valence-electron chi connectivity index (χ3n) is 3.53. The highest BCUT2D eigenvalue weighted by atomic mass is 16.4. The number of rotatable bonds is 9. The Hall–Kier alpha value is -0.610. The average Bonchev–Trinajstić information content (AvgIpc) is 2.92. The van der Waals surface area contributed by atoms with Crippen LogP contribution in [0.15, 0.2) is 0 Å². The Morgan fingerprint density at radius 1 is 1.28 bits per heavy atom. The molecule has 18 heavy (non-hydrogen) atoms. The zero-order valence-electron chi connectivity index (χ0n) is 12.3. The van der Waals surface area contributed by atoms with Gasteiger partial charge in [-0.25, -0.2) is 0 Å². The van der Waals surface area contributed by atoms with E-state index in [0.29, 0.717) is 12.3 Å². The zero-order valence-corrected chi connectivity index (χ0v) is 12.3. The summed E-state index contributed by atoms with van der Waals surface area (Å²) >= 11 is 0. The van der Waals surface area contributed by atoms with E-state index in [1.165, 1.54) is 0 Å². The minimum atomic E-state index is -0.649. The largest absolute Gasteiger partial charge is 0.481 e. The Labute approximate surface area is 111 Å². The number of hydrogen-bond acceptors (Lipinski definition) is 3. The van der Waals surface area contributed by atoms with Crippen molar-refractivity contribution < 1.29 is 9.90 Å². The summed E-state index contributed by atoms with van der Waals surface area (Å²) in [4.78, 5) is 15.5. The molecule has 1 N–H and O–H groups in total. The summed E-state index contributed by atoms with van der Waals surface area (Å²) in [7, 11) is 4.16. The molecule has 4 heteroatoms. The molecule has 0 bridgehead atoms. The molecule has 1 aliphatic carbocycles. The minimum Gasteiger partial charge on any atom is -0.481 e. The first-order valence-electron chi connectivity index (χ1n) is 6.92. The molecule has 1 fully saturated rings. The Morgan fingerprint density at radius 2 is 1.89 bits per heavy atom. The molecule has 0 unspecified atom stereocenters. The Morgan fingerprint density at radius 3 is 2.28 bits per heavy atom. The predicted octanol–water partition coefficient (Wildman–Crippen LogP) is 1.76. The molecule has 0 aromatic carbocycles. The summed E-state index contributed by atoms with van der Waals surface area (Å²) in [6.45, 7) is 8.53. The van der Waals surface area contributed by atoms with Gasteiger partial charge in [0.2, 0.25) is 0 Å². The monoisotopic (exact) mass is 256 g/mol. The predicted molar refractivity (Wildman–Crippen MR) is 73.8 cm³/mol. The van der Waals surface area contributed by atoms with Gasteiger partial charge in [-0.1, -0.05) is 13.8 Å². The lowest BCUT2D eigenvalue weighted by molar-refractivity contribution is -0.138. The highest BCUT2D eigenvalue weighted by Crippen LogP contribution is 2.49. The number of aliphatic carboxylic acids is 1. The maximum atomic E-state index is 10.9. The van der Waals surface area contributed by atoms with E-state index in [2.05, 4.69) is 37.7 Å². The van der Waals surface area contributed by atoms with E-state index in [9.17, 15) is 4.79 Å². The van der Waals surface area contributed by atoms with Gasteiger partial charge in [0.1, 0.15) is 0 Å².